The van der Waals surface area contributed by atoms with Gasteiger partial charge in [0.1, 0.15) is 33.3 Å². The lowest BCUT2D eigenvalue weighted by atomic mass is 9.95. The predicted molar refractivity (Wildman–Crippen MR) is 523 cm³/mol. The van der Waals surface area contributed by atoms with Gasteiger partial charge in [-0.1, -0.05) is 267 Å². The number of benzene rings is 18. The van der Waals surface area contributed by atoms with E-state index in [4.69, 9.17) is 13.3 Å². The maximum absolute atomic E-state index is 6.80. The first-order valence-corrected chi connectivity index (χ1v) is 44.0. The Morgan fingerprint density at radius 3 is 1.07 bits per heavy atom. The molecule has 6 nitrogen and oxygen atoms in total. The molecule has 0 atom stereocenters. The zero-order chi connectivity index (χ0) is 80.7. The summed E-state index contributed by atoms with van der Waals surface area (Å²) < 4.78 is 35.0. The van der Waals surface area contributed by atoms with Gasteiger partial charge in [-0.2, -0.15) is 0 Å². The second-order valence-electron chi connectivity index (χ2n) is 31.6. The van der Waals surface area contributed by atoms with Crippen molar-refractivity contribution in [3.05, 3.63) is 419 Å². The summed E-state index contributed by atoms with van der Waals surface area (Å²) in [6.07, 6.45) is 0. The molecule has 0 saturated carbocycles. The standard InChI is InChI=1S/3C38H23NOS/c1-2-13-26(14-3-1)39-32-20-6-4-15-29(32)38-36(39)31-19-9-18-28(37(31)40-38)25-12-8-11-24(23-25)27-17-10-22-34-35(27)30-16-5-7-21-33(30)41-34;1-2-12-27(13-3-1)39-33-18-6-4-15-31(33)37-36(39)32-21-20-25(23-34(32)40-37)24-10-8-11-26(22-24)28-16-9-17-30-29-14-5-7-19-35(29)41-38(28)30;1-2-11-28(12-3-1)39-33-15-6-4-14-31(33)38-37(39)32-20-18-26(22-34(32)40-38)24-9-8-10-25(21-24)27-17-19-30-29-13-5-7-16-35(29)41-36(30)23-27/h3*1-23H. The highest BCUT2D eigenvalue weighted by atomic mass is 32.1. The molecule has 0 aliphatic rings. The molecule has 0 amide bonds. The summed E-state index contributed by atoms with van der Waals surface area (Å²) in [6, 6.07) is 150. The van der Waals surface area contributed by atoms with E-state index in [-0.39, 0.29) is 0 Å². The van der Waals surface area contributed by atoms with E-state index in [1.165, 1.54) is 105 Å². The molecule has 0 spiro atoms. The number of nitrogens with zero attached hydrogens (tertiary/aromatic N) is 3. The lowest BCUT2D eigenvalue weighted by molar-refractivity contribution is 0.672. The Bertz CT molecular complexity index is 8910. The van der Waals surface area contributed by atoms with Gasteiger partial charge in [0.15, 0.2) is 16.7 Å². The molecule has 0 unspecified atom stereocenters. The molecule has 576 valence electrons. The van der Waals surface area contributed by atoms with Gasteiger partial charge in [-0.25, -0.2) is 0 Å². The van der Waals surface area contributed by atoms with Gasteiger partial charge in [0.25, 0.3) is 0 Å². The average Bonchev–Trinajstić information content (AvgIpc) is 1.57. The van der Waals surface area contributed by atoms with E-state index in [0.29, 0.717) is 0 Å². The van der Waals surface area contributed by atoms with Gasteiger partial charge < -0.3 is 27.0 Å². The molecule has 0 fully saturated rings. The SMILES string of the molecule is c1ccc(-n2c3ccccc3c3oc4c(-c5cccc(-c6cccc7sc8ccccc8c67)c5)cccc4c32)cc1.c1ccc(-n2c3ccccc3c3oc4cc(-c5cccc(-c6ccc7c(c6)sc6ccccc67)c5)ccc4c32)cc1.c1ccc(-n2c3ccccc3c3oc4cc(-c5cccc(-c6cccc7c6sc6ccccc67)c5)ccc4c32)cc1. The van der Waals surface area contributed by atoms with E-state index in [1.807, 2.05) is 34.0 Å². The summed E-state index contributed by atoms with van der Waals surface area (Å²) >= 11 is 5.59. The molecule has 27 rings (SSSR count). The van der Waals surface area contributed by atoms with Gasteiger partial charge in [0, 0.05) is 115 Å². The third kappa shape index (κ3) is 11.6. The Kier molecular flexibility index (Phi) is 16.5. The molecule has 123 heavy (non-hydrogen) atoms. The van der Waals surface area contributed by atoms with Crippen LogP contribution in [-0.2, 0) is 0 Å². The first-order valence-electron chi connectivity index (χ1n) is 41.6. The number of thiophene rings is 3. The molecule has 9 heterocycles. The quantitative estimate of drug-likeness (QED) is 0.145. The van der Waals surface area contributed by atoms with Crippen molar-refractivity contribution in [2.75, 3.05) is 0 Å². The number of furan rings is 3. The van der Waals surface area contributed by atoms with Crippen LogP contribution in [0.1, 0.15) is 0 Å². The van der Waals surface area contributed by atoms with Crippen LogP contribution in [0.3, 0.4) is 0 Å². The Labute approximate surface area is 717 Å². The Morgan fingerprint density at radius 2 is 0.512 bits per heavy atom. The third-order valence-corrected chi connectivity index (χ3v) is 28.1. The van der Waals surface area contributed by atoms with Crippen LogP contribution < -0.4 is 0 Å². The maximum Gasteiger partial charge on any atom is 0.161 e. The third-order valence-electron chi connectivity index (χ3n) is 24.6. The largest absolute Gasteiger partial charge is 0.454 e. The van der Waals surface area contributed by atoms with Crippen LogP contribution in [-0.4, -0.2) is 13.7 Å². The fraction of sp³-hybridized carbons (Fsp3) is 0. The molecule has 0 aliphatic carbocycles. The summed E-state index contributed by atoms with van der Waals surface area (Å²) in [5.41, 5.74) is 30.1. The molecule has 0 saturated heterocycles. The number of para-hydroxylation sites is 7. The van der Waals surface area contributed by atoms with Crippen LogP contribution in [0.2, 0.25) is 0 Å². The summed E-state index contributed by atoms with van der Waals surface area (Å²) in [4.78, 5) is 0. The molecule has 9 heteroatoms. The molecule has 18 aromatic carbocycles. The second-order valence-corrected chi connectivity index (χ2v) is 34.8. The van der Waals surface area contributed by atoms with Gasteiger partial charge in [-0.3, -0.25) is 0 Å². The van der Waals surface area contributed by atoms with E-state index in [1.54, 1.807) is 0 Å². The minimum atomic E-state index is 0.903. The lowest BCUT2D eigenvalue weighted by Gasteiger charge is -2.09. The van der Waals surface area contributed by atoms with Crippen molar-refractivity contribution in [1.29, 1.82) is 0 Å². The lowest BCUT2D eigenvalue weighted by Crippen LogP contribution is -1.92. The first-order chi connectivity index (χ1) is 61.0. The Hall–Kier alpha value is -15.4. The van der Waals surface area contributed by atoms with Crippen LogP contribution >= 0.6 is 34.0 Å². The fourth-order valence-electron chi connectivity index (χ4n) is 19.0. The van der Waals surface area contributed by atoms with Crippen molar-refractivity contribution in [3.63, 3.8) is 0 Å². The first kappa shape index (κ1) is 70.6. The fourth-order valence-corrected chi connectivity index (χ4v) is 22.6. The van der Waals surface area contributed by atoms with Crippen LogP contribution in [0.5, 0.6) is 0 Å². The highest BCUT2D eigenvalue weighted by molar-refractivity contribution is 7.27. The second kappa shape index (κ2) is 28.7. The topological polar surface area (TPSA) is 54.2 Å². The van der Waals surface area contributed by atoms with Gasteiger partial charge in [-0.15, -0.1) is 34.0 Å². The zero-order valence-corrected chi connectivity index (χ0v) is 68.6. The normalized spacial score (nSPS) is 11.9. The van der Waals surface area contributed by atoms with Crippen molar-refractivity contribution in [3.8, 4) is 83.8 Å². The molecular weight excluding hydrogens is 1560 g/mol. The van der Waals surface area contributed by atoms with Crippen LogP contribution in [0.25, 0.3) is 243 Å². The molecule has 0 bridgehead atoms. The maximum atomic E-state index is 6.80. The van der Waals surface area contributed by atoms with Crippen LogP contribution in [0.4, 0.5) is 0 Å². The van der Waals surface area contributed by atoms with Gasteiger partial charge in [-0.05, 0) is 213 Å². The molecule has 0 aliphatic heterocycles. The molecular formula is C114H69N3O3S3. The average molecular weight is 1630 g/mol. The van der Waals surface area contributed by atoms with E-state index in [2.05, 4.69) is 432 Å². The highest BCUT2D eigenvalue weighted by Gasteiger charge is 2.26. The number of hydrogen-bond acceptors (Lipinski definition) is 6. The Balaban J connectivity index is 0.000000101. The Morgan fingerprint density at radius 1 is 0.179 bits per heavy atom. The van der Waals surface area contributed by atoms with Crippen molar-refractivity contribution >= 4 is 193 Å². The summed E-state index contributed by atoms with van der Waals surface area (Å²) in [6.45, 7) is 0. The van der Waals surface area contributed by atoms with E-state index >= 15 is 0 Å². The van der Waals surface area contributed by atoms with Gasteiger partial charge >= 0.3 is 0 Å². The van der Waals surface area contributed by atoms with E-state index in [9.17, 15) is 0 Å². The van der Waals surface area contributed by atoms with Crippen molar-refractivity contribution in [2.24, 2.45) is 0 Å². The summed E-state index contributed by atoms with van der Waals surface area (Å²) in [5.74, 6) is 0. The molecule has 0 radical (unpaired) electrons. The molecule has 9 aromatic heterocycles. The number of fused-ring (bicyclic) bond motifs is 24. The minimum Gasteiger partial charge on any atom is -0.454 e. The van der Waals surface area contributed by atoms with E-state index in [0.717, 1.165) is 138 Å². The number of aromatic nitrogens is 3. The van der Waals surface area contributed by atoms with Gasteiger partial charge in [0.05, 0.1) is 16.6 Å². The van der Waals surface area contributed by atoms with Crippen molar-refractivity contribution < 1.29 is 13.3 Å². The number of hydrogen-bond donors (Lipinski definition) is 0. The van der Waals surface area contributed by atoms with E-state index < -0.39 is 0 Å². The van der Waals surface area contributed by atoms with Gasteiger partial charge in [0.2, 0.25) is 0 Å². The summed E-state index contributed by atoms with van der Waals surface area (Å²) in [7, 11) is 0. The summed E-state index contributed by atoms with van der Waals surface area (Å²) in [5, 5.41) is 14.7. The predicted octanol–water partition coefficient (Wildman–Crippen LogP) is 33.7. The van der Waals surface area contributed by atoms with Crippen LogP contribution in [0.15, 0.2) is 432 Å². The molecule has 27 aromatic rings. The molecule has 0 N–H and O–H groups in total. The highest BCUT2D eigenvalue weighted by Crippen LogP contribution is 2.49. The minimum absolute atomic E-state index is 0.903. The monoisotopic (exact) mass is 1620 g/mol. The smallest absolute Gasteiger partial charge is 0.161 e. The van der Waals surface area contributed by atoms with Crippen molar-refractivity contribution in [2.45, 2.75) is 0 Å². The number of rotatable bonds is 9. The van der Waals surface area contributed by atoms with Crippen molar-refractivity contribution in [1.82, 2.24) is 13.7 Å². The van der Waals surface area contributed by atoms with Crippen LogP contribution in [0, 0.1) is 0 Å². The zero-order valence-electron chi connectivity index (χ0n) is 66.1.